The van der Waals surface area contributed by atoms with Crippen LogP contribution in [0.25, 0.3) is 0 Å². The summed E-state index contributed by atoms with van der Waals surface area (Å²) in [7, 11) is 0. The zero-order chi connectivity index (χ0) is 11.2. The molecular formula is C9H18O2. The van der Waals surface area contributed by atoms with Crippen LogP contribution in [0.4, 0.5) is 0 Å². The van der Waals surface area contributed by atoms with Crippen LogP contribution in [-0.2, 0) is 9.53 Å². The van der Waals surface area contributed by atoms with Gasteiger partial charge in [-0.2, -0.15) is 0 Å². The molecule has 0 aromatic rings. The first-order chi connectivity index (χ1) is 6.37. The first-order valence-corrected chi connectivity index (χ1v) is 4.03. The highest BCUT2D eigenvalue weighted by Gasteiger charge is 2.10. The Morgan fingerprint density at radius 2 is 2.45 bits per heavy atom. The van der Waals surface area contributed by atoms with E-state index in [-0.39, 0.29) is 6.42 Å². The average Bonchev–Trinajstić information content (AvgIpc) is 2.01. The molecule has 0 aromatic heterocycles. The zero-order valence-electron chi connectivity index (χ0n) is 10.2. The molecule has 0 amide bonds. The smallest absolute Gasteiger partial charge is 0.308 e. The van der Waals surface area contributed by atoms with Crippen LogP contribution in [0.5, 0.6) is 0 Å². The topological polar surface area (TPSA) is 26.3 Å². The van der Waals surface area contributed by atoms with E-state index >= 15 is 0 Å². The third-order valence-electron chi connectivity index (χ3n) is 1.45. The first-order valence-electron chi connectivity index (χ1n) is 5.53. The Balaban J connectivity index is 3.77. The summed E-state index contributed by atoms with van der Waals surface area (Å²) >= 11 is 0. The van der Waals surface area contributed by atoms with Crippen LogP contribution < -0.4 is 0 Å². The number of ether oxygens (including phenoxy) is 1. The van der Waals surface area contributed by atoms with Crippen molar-refractivity contribution in [2.24, 2.45) is 5.92 Å². The Morgan fingerprint density at radius 1 is 1.73 bits per heavy atom. The molecular weight excluding hydrogens is 140 g/mol. The molecule has 1 atom stereocenters. The lowest BCUT2D eigenvalue weighted by molar-refractivity contribution is -0.148. The number of hydrogen-bond acceptors (Lipinski definition) is 2. The van der Waals surface area contributed by atoms with Crippen molar-refractivity contribution in [1.82, 2.24) is 0 Å². The molecule has 0 N–H and O–H groups in total. The van der Waals surface area contributed by atoms with Gasteiger partial charge in [0.1, 0.15) is 0 Å². The molecule has 0 heterocycles. The Labute approximate surface area is 73.1 Å². The monoisotopic (exact) mass is 161 g/mol. The van der Waals surface area contributed by atoms with E-state index in [2.05, 4.69) is 0 Å². The summed E-state index contributed by atoms with van der Waals surface area (Å²) < 4.78 is 25.9. The van der Waals surface area contributed by atoms with Crippen LogP contribution in [0.2, 0.25) is 0 Å². The minimum atomic E-state index is -2.05. The summed E-state index contributed by atoms with van der Waals surface area (Å²) in [6, 6.07) is 0. The van der Waals surface area contributed by atoms with Crippen molar-refractivity contribution in [2.75, 3.05) is 6.61 Å². The number of rotatable bonds is 5. The predicted octanol–water partition coefficient (Wildman–Crippen LogP) is 2.38. The number of unbranched alkanes of at least 4 members (excludes halogenated alkanes) is 1. The molecule has 0 aromatic carbocycles. The summed E-state index contributed by atoms with van der Waals surface area (Å²) in [4.78, 5) is 11.2. The lowest BCUT2D eigenvalue weighted by Gasteiger charge is -2.07. The molecule has 11 heavy (non-hydrogen) atoms. The molecule has 0 bridgehead atoms. The van der Waals surface area contributed by atoms with Crippen molar-refractivity contribution in [2.45, 2.75) is 40.0 Å². The van der Waals surface area contributed by atoms with Gasteiger partial charge < -0.3 is 4.74 Å². The second-order valence-electron chi connectivity index (χ2n) is 2.63. The van der Waals surface area contributed by atoms with E-state index < -0.39 is 18.7 Å². The van der Waals surface area contributed by atoms with E-state index in [4.69, 9.17) is 8.85 Å². The summed E-state index contributed by atoms with van der Waals surface area (Å²) in [5.41, 5.74) is 0. The molecule has 66 valence electrons. The molecule has 0 rings (SSSR count). The van der Waals surface area contributed by atoms with E-state index in [1.807, 2.05) is 6.92 Å². The fourth-order valence-corrected chi connectivity index (χ4v) is 0.543. The Kier molecular flexibility index (Phi) is 3.40. The third-order valence-corrected chi connectivity index (χ3v) is 1.45. The molecule has 0 aliphatic carbocycles. The predicted molar refractivity (Wildman–Crippen MR) is 45.3 cm³/mol. The van der Waals surface area contributed by atoms with Gasteiger partial charge in [0.25, 0.3) is 0 Å². The third kappa shape index (κ3) is 4.82. The molecule has 0 spiro atoms. The Morgan fingerprint density at radius 3 is 3.00 bits per heavy atom. The molecule has 0 saturated heterocycles. The van der Waals surface area contributed by atoms with Crippen molar-refractivity contribution < 1.29 is 13.6 Å². The summed E-state index contributed by atoms with van der Waals surface area (Å²) in [5.74, 6) is -0.950. The van der Waals surface area contributed by atoms with Crippen LogP contribution in [-0.4, -0.2) is 12.6 Å². The maximum atomic E-state index is 11.2. The van der Waals surface area contributed by atoms with Gasteiger partial charge in [-0.05, 0) is 12.8 Å². The Bertz CT molecular complexity index is 177. The number of esters is 1. The lowest BCUT2D eigenvalue weighted by atomic mass is 10.1. The molecule has 2 heteroatoms. The molecule has 0 radical (unpaired) electrons. The molecule has 0 saturated carbocycles. The van der Waals surface area contributed by atoms with E-state index in [0.717, 1.165) is 12.8 Å². The van der Waals surface area contributed by atoms with Crippen LogP contribution in [0.1, 0.15) is 44.1 Å². The van der Waals surface area contributed by atoms with Gasteiger partial charge in [0.05, 0.1) is 12.5 Å². The largest absolute Gasteiger partial charge is 0.465 e. The number of carbonyl (C=O) groups is 1. The molecule has 0 aliphatic rings. The van der Waals surface area contributed by atoms with E-state index in [9.17, 15) is 4.79 Å². The second kappa shape index (κ2) is 6.20. The van der Waals surface area contributed by atoms with Crippen LogP contribution in [0.3, 0.4) is 0 Å². The van der Waals surface area contributed by atoms with Crippen molar-refractivity contribution in [3.05, 3.63) is 0 Å². The molecule has 0 fully saturated rings. The number of hydrogen-bond donors (Lipinski definition) is 0. The average molecular weight is 161 g/mol. The highest BCUT2D eigenvalue weighted by Crippen LogP contribution is 2.03. The van der Waals surface area contributed by atoms with Crippen LogP contribution >= 0.6 is 0 Å². The molecule has 1 unspecified atom stereocenters. The zero-order valence-corrected chi connectivity index (χ0v) is 7.22. The van der Waals surface area contributed by atoms with Crippen molar-refractivity contribution >= 4 is 5.97 Å². The van der Waals surface area contributed by atoms with E-state index in [0.29, 0.717) is 6.61 Å². The van der Waals surface area contributed by atoms with Gasteiger partial charge in [0, 0.05) is 4.11 Å². The normalized spacial score (nSPS) is 17.8. The first kappa shape index (κ1) is 6.04. The van der Waals surface area contributed by atoms with Crippen molar-refractivity contribution in [1.29, 1.82) is 0 Å². The quantitative estimate of drug-likeness (QED) is 0.457. The standard InChI is InChI=1S/C9H18O2/c1-4-6-7-11-9(10)8(3)5-2/h8H,4-7H2,1-3H3/i2D3. The van der Waals surface area contributed by atoms with Gasteiger partial charge in [-0.3, -0.25) is 4.79 Å². The number of carbonyl (C=O) groups excluding carboxylic acids is 1. The maximum Gasteiger partial charge on any atom is 0.308 e. The highest BCUT2D eigenvalue weighted by molar-refractivity contribution is 5.71. The van der Waals surface area contributed by atoms with Gasteiger partial charge in [-0.1, -0.05) is 27.1 Å². The molecule has 0 aliphatic heterocycles. The fourth-order valence-electron chi connectivity index (χ4n) is 0.543. The van der Waals surface area contributed by atoms with Crippen molar-refractivity contribution in [3.63, 3.8) is 0 Å². The lowest BCUT2D eigenvalue weighted by Crippen LogP contribution is -2.14. The van der Waals surface area contributed by atoms with Gasteiger partial charge in [0.2, 0.25) is 0 Å². The summed E-state index contributed by atoms with van der Waals surface area (Å²) in [6.07, 6.45) is 1.67. The van der Waals surface area contributed by atoms with Crippen LogP contribution in [0, 0.1) is 5.92 Å². The van der Waals surface area contributed by atoms with Gasteiger partial charge in [-0.25, -0.2) is 0 Å². The van der Waals surface area contributed by atoms with Crippen molar-refractivity contribution in [3.8, 4) is 0 Å². The minimum absolute atomic E-state index is 0.113. The fraction of sp³-hybridized carbons (Fsp3) is 0.889. The SMILES string of the molecule is [2H]C([2H])([2H])CC(C)C(=O)OCCCC. The van der Waals surface area contributed by atoms with Gasteiger partial charge in [-0.15, -0.1) is 0 Å². The van der Waals surface area contributed by atoms with Gasteiger partial charge >= 0.3 is 5.97 Å². The van der Waals surface area contributed by atoms with Crippen LogP contribution in [0.15, 0.2) is 0 Å². The highest BCUT2D eigenvalue weighted by atomic mass is 16.5. The second-order valence-corrected chi connectivity index (χ2v) is 2.63. The Hall–Kier alpha value is -0.530. The minimum Gasteiger partial charge on any atom is -0.465 e. The molecule has 2 nitrogen and oxygen atoms in total. The maximum absolute atomic E-state index is 11.2. The van der Waals surface area contributed by atoms with E-state index in [1.54, 1.807) is 6.92 Å². The van der Waals surface area contributed by atoms with E-state index in [1.165, 1.54) is 0 Å². The summed E-state index contributed by atoms with van der Waals surface area (Å²) in [5, 5.41) is 0. The van der Waals surface area contributed by atoms with Gasteiger partial charge in [0.15, 0.2) is 0 Å². The summed E-state index contributed by atoms with van der Waals surface area (Å²) in [6.45, 7) is 1.92.